The Labute approximate surface area is 150 Å². The quantitative estimate of drug-likeness (QED) is 0.674. The molecule has 0 radical (unpaired) electrons. The summed E-state index contributed by atoms with van der Waals surface area (Å²) >= 11 is 0. The van der Waals surface area contributed by atoms with Gasteiger partial charge in [0.25, 0.3) is 0 Å². The molecule has 0 N–H and O–H groups in total. The van der Waals surface area contributed by atoms with Crippen LogP contribution in [0.15, 0.2) is 63.7 Å². The van der Waals surface area contributed by atoms with E-state index < -0.39 is 0 Å². The summed E-state index contributed by atoms with van der Waals surface area (Å²) in [6.07, 6.45) is 4.80. The molecule has 3 aromatic rings. The van der Waals surface area contributed by atoms with Gasteiger partial charge < -0.3 is 18.7 Å². The van der Waals surface area contributed by atoms with E-state index in [0.717, 1.165) is 5.56 Å². The molecule has 1 fully saturated rings. The molecule has 0 atom stereocenters. The lowest BCUT2D eigenvalue weighted by Crippen LogP contribution is -2.48. The average molecular weight is 350 g/mol. The van der Waals surface area contributed by atoms with Gasteiger partial charge in [-0.1, -0.05) is 35.5 Å². The Kier molecular flexibility index (Phi) is 4.51. The second-order valence-corrected chi connectivity index (χ2v) is 5.93. The topological polar surface area (TPSA) is 75.6 Å². The highest BCUT2D eigenvalue weighted by Gasteiger charge is 2.23. The Hall–Kier alpha value is -3.35. The van der Waals surface area contributed by atoms with Gasteiger partial charge in [0.2, 0.25) is 11.7 Å². The molecule has 1 amide bonds. The summed E-state index contributed by atoms with van der Waals surface area (Å²) in [5.41, 5.74) is 0.916. The third kappa shape index (κ3) is 3.51. The molecule has 0 spiro atoms. The van der Waals surface area contributed by atoms with Crippen molar-refractivity contribution in [2.24, 2.45) is 0 Å². The highest BCUT2D eigenvalue weighted by molar-refractivity contribution is 5.91. The summed E-state index contributed by atoms with van der Waals surface area (Å²) < 4.78 is 10.6. The van der Waals surface area contributed by atoms with Crippen LogP contribution in [0.3, 0.4) is 0 Å². The Bertz CT molecular complexity index is 879. The van der Waals surface area contributed by atoms with Gasteiger partial charge >= 0.3 is 6.01 Å². The molecule has 0 saturated carbocycles. The first-order valence-electron chi connectivity index (χ1n) is 8.44. The van der Waals surface area contributed by atoms with Gasteiger partial charge in [0.1, 0.15) is 5.76 Å². The number of carbonyl (C=O) groups excluding carboxylic acids is 1. The molecule has 132 valence electrons. The Morgan fingerprint density at radius 2 is 1.85 bits per heavy atom. The van der Waals surface area contributed by atoms with E-state index in [-0.39, 0.29) is 5.91 Å². The second kappa shape index (κ2) is 7.26. The van der Waals surface area contributed by atoms with Gasteiger partial charge in [-0.3, -0.25) is 4.79 Å². The molecule has 1 aliphatic rings. The van der Waals surface area contributed by atoms with Crippen LogP contribution in [0, 0.1) is 0 Å². The van der Waals surface area contributed by atoms with E-state index in [4.69, 9.17) is 8.94 Å². The first kappa shape index (κ1) is 16.1. The molecular weight excluding hydrogens is 332 g/mol. The normalized spacial score (nSPS) is 14.9. The molecule has 0 unspecified atom stereocenters. The number of anilines is 1. The van der Waals surface area contributed by atoms with Crippen molar-refractivity contribution in [1.82, 2.24) is 15.0 Å². The molecule has 2 aromatic heterocycles. The number of hydrogen-bond donors (Lipinski definition) is 0. The third-order valence-electron chi connectivity index (χ3n) is 4.24. The maximum Gasteiger partial charge on any atom is 0.324 e. The molecule has 0 bridgehead atoms. The number of carbonyl (C=O) groups is 1. The molecule has 7 heteroatoms. The van der Waals surface area contributed by atoms with E-state index in [9.17, 15) is 4.79 Å². The molecule has 1 saturated heterocycles. The van der Waals surface area contributed by atoms with Crippen molar-refractivity contribution in [1.29, 1.82) is 0 Å². The highest BCUT2D eigenvalue weighted by Crippen LogP contribution is 2.20. The summed E-state index contributed by atoms with van der Waals surface area (Å²) in [7, 11) is 0. The van der Waals surface area contributed by atoms with Crippen LogP contribution in [-0.2, 0) is 4.79 Å². The van der Waals surface area contributed by atoms with Crippen LogP contribution in [-0.4, -0.2) is 47.1 Å². The van der Waals surface area contributed by atoms with Crippen molar-refractivity contribution < 1.29 is 13.7 Å². The fourth-order valence-corrected chi connectivity index (χ4v) is 2.81. The molecule has 3 heterocycles. The van der Waals surface area contributed by atoms with Crippen LogP contribution in [0.2, 0.25) is 0 Å². The monoisotopic (exact) mass is 350 g/mol. The van der Waals surface area contributed by atoms with Crippen molar-refractivity contribution in [3.63, 3.8) is 0 Å². The smallest absolute Gasteiger partial charge is 0.324 e. The van der Waals surface area contributed by atoms with Crippen LogP contribution >= 0.6 is 0 Å². The number of benzene rings is 1. The number of hydrogen-bond acceptors (Lipinski definition) is 6. The van der Waals surface area contributed by atoms with E-state index in [1.54, 1.807) is 23.3 Å². The first-order valence-corrected chi connectivity index (χ1v) is 8.44. The number of nitrogens with zero attached hydrogens (tertiary/aromatic N) is 4. The van der Waals surface area contributed by atoms with Crippen LogP contribution in [0.1, 0.15) is 5.76 Å². The number of aromatic nitrogens is 2. The highest BCUT2D eigenvalue weighted by atomic mass is 16.5. The van der Waals surface area contributed by atoms with Gasteiger partial charge in [-0.2, -0.15) is 4.98 Å². The minimum atomic E-state index is -0.0310. The standard InChI is InChI=1S/C19H18N4O3/c24-17(9-8-16-7-4-14-25-16)22-10-12-23(13-11-22)19-20-18(21-26-19)15-5-2-1-3-6-15/h1-9,14H,10-13H2/b9-8+. The Morgan fingerprint density at radius 3 is 2.58 bits per heavy atom. The molecular formula is C19H18N4O3. The number of amides is 1. The van der Waals surface area contributed by atoms with E-state index in [2.05, 4.69) is 10.1 Å². The number of furan rings is 1. The van der Waals surface area contributed by atoms with Crippen molar-refractivity contribution in [2.75, 3.05) is 31.1 Å². The van der Waals surface area contributed by atoms with Gasteiger partial charge in [-0.25, -0.2) is 0 Å². The molecule has 7 nitrogen and oxygen atoms in total. The lowest BCUT2D eigenvalue weighted by Gasteiger charge is -2.32. The summed E-state index contributed by atoms with van der Waals surface area (Å²) in [4.78, 5) is 20.5. The zero-order valence-electron chi connectivity index (χ0n) is 14.1. The van der Waals surface area contributed by atoms with E-state index in [1.165, 1.54) is 6.08 Å². The summed E-state index contributed by atoms with van der Waals surface area (Å²) in [5, 5.41) is 4.04. The zero-order valence-corrected chi connectivity index (χ0v) is 14.1. The Morgan fingerprint density at radius 1 is 1.04 bits per heavy atom. The van der Waals surface area contributed by atoms with E-state index >= 15 is 0 Å². The van der Waals surface area contributed by atoms with Gasteiger partial charge in [-0.05, 0) is 18.2 Å². The molecule has 4 rings (SSSR count). The maximum absolute atomic E-state index is 12.3. The molecule has 0 aliphatic carbocycles. The summed E-state index contributed by atoms with van der Waals surface area (Å²) in [6, 6.07) is 13.8. The van der Waals surface area contributed by atoms with E-state index in [1.807, 2.05) is 41.3 Å². The van der Waals surface area contributed by atoms with Crippen molar-refractivity contribution >= 4 is 18.0 Å². The predicted molar refractivity (Wildman–Crippen MR) is 96.3 cm³/mol. The van der Waals surface area contributed by atoms with E-state index in [0.29, 0.717) is 43.8 Å². The summed E-state index contributed by atoms with van der Waals surface area (Å²) in [5.74, 6) is 1.20. The zero-order chi connectivity index (χ0) is 17.8. The third-order valence-corrected chi connectivity index (χ3v) is 4.24. The Balaban J connectivity index is 1.35. The lowest BCUT2D eigenvalue weighted by molar-refractivity contribution is -0.126. The number of rotatable bonds is 4. The SMILES string of the molecule is O=C(/C=C/c1ccco1)N1CCN(c2nc(-c3ccccc3)no2)CC1. The number of piperazine rings is 1. The largest absolute Gasteiger partial charge is 0.465 e. The van der Waals surface area contributed by atoms with Gasteiger partial charge in [0, 0.05) is 37.8 Å². The predicted octanol–water partition coefficient (Wildman–Crippen LogP) is 2.69. The summed E-state index contributed by atoms with van der Waals surface area (Å²) in [6.45, 7) is 2.50. The minimum Gasteiger partial charge on any atom is -0.465 e. The van der Waals surface area contributed by atoms with Crippen molar-refractivity contribution in [3.05, 3.63) is 60.6 Å². The van der Waals surface area contributed by atoms with Crippen LogP contribution in [0.5, 0.6) is 0 Å². The maximum atomic E-state index is 12.3. The van der Waals surface area contributed by atoms with Crippen LogP contribution < -0.4 is 4.90 Å². The fourth-order valence-electron chi connectivity index (χ4n) is 2.81. The van der Waals surface area contributed by atoms with Crippen LogP contribution in [0.4, 0.5) is 6.01 Å². The van der Waals surface area contributed by atoms with Gasteiger partial charge in [-0.15, -0.1) is 0 Å². The van der Waals surface area contributed by atoms with Gasteiger partial charge in [0.05, 0.1) is 6.26 Å². The van der Waals surface area contributed by atoms with Crippen molar-refractivity contribution in [3.8, 4) is 11.4 Å². The molecule has 1 aromatic carbocycles. The fraction of sp³-hybridized carbons (Fsp3) is 0.211. The lowest BCUT2D eigenvalue weighted by atomic mass is 10.2. The van der Waals surface area contributed by atoms with Crippen molar-refractivity contribution in [2.45, 2.75) is 0 Å². The first-order chi connectivity index (χ1) is 12.8. The van der Waals surface area contributed by atoms with Crippen LogP contribution in [0.25, 0.3) is 17.5 Å². The molecule has 1 aliphatic heterocycles. The second-order valence-electron chi connectivity index (χ2n) is 5.93. The average Bonchev–Trinajstić information content (AvgIpc) is 3.39. The molecule has 26 heavy (non-hydrogen) atoms. The minimum absolute atomic E-state index is 0.0310. The van der Waals surface area contributed by atoms with Gasteiger partial charge in [0.15, 0.2) is 0 Å².